The summed E-state index contributed by atoms with van der Waals surface area (Å²) < 4.78 is 3.38. The van der Waals surface area contributed by atoms with Crippen molar-refractivity contribution in [1.82, 2.24) is 14.5 Å². The van der Waals surface area contributed by atoms with E-state index in [0.29, 0.717) is 11.4 Å². The van der Waals surface area contributed by atoms with Gasteiger partial charge in [-0.15, -0.1) is 40.5 Å². The number of phenolic OH excluding ortho intramolecular Hbond substituents is 1. The Balaban J connectivity index is 0.00000624. The first-order chi connectivity index (χ1) is 33.1. The van der Waals surface area contributed by atoms with Crippen molar-refractivity contribution in [3.05, 3.63) is 179 Å². The number of thiophene rings is 1. The quantitative estimate of drug-likeness (QED) is 0.169. The summed E-state index contributed by atoms with van der Waals surface area (Å²) in [6.07, 6.45) is 0. The summed E-state index contributed by atoms with van der Waals surface area (Å²) in [5.74, 6) is 0.918. The number of hydrogen-bond donors (Lipinski definition) is 1. The minimum atomic E-state index is -0.334. The maximum Gasteiger partial charge on any atom is 0.149 e. The van der Waals surface area contributed by atoms with E-state index in [4.69, 9.17) is 9.97 Å². The Morgan fingerprint density at radius 2 is 1.21 bits per heavy atom. The molecule has 7 aromatic carbocycles. The zero-order valence-corrected chi connectivity index (χ0v) is 46.5. The molecule has 0 amide bonds. The largest absolute Gasteiger partial charge is 0.507 e. The Morgan fingerprint density at radius 3 is 1.90 bits per heavy atom. The number of aryl methyl sites for hydroxylation is 1. The molecule has 6 heteroatoms. The molecule has 10 aromatic rings. The number of imidazole rings is 1. The molecule has 71 heavy (non-hydrogen) atoms. The molecule has 0 aliphatic rings. The van der Waals surface area contributed by atoms with Gasteiger partial charge in [0.1, 0.15) is 11.6 Å². The molecule has 10 rings (SSSR count). The standard InChI is InChI=1S/C65H64N3OS.Pt/c1-39-32-44(62(2,3)4)30-31-46(39)56-36-43-35-53(66-57(60(43)70-56)42-33-41-24-17-18-25-47(41)51(34-42)64(8,9)10)49-27-21-29-55-58(49)67-61(50-37-45(63(5,6)7)38-52(59(50)69)65(11,12)13)68(55)54-28-20-19-26-48(54)40-22-15-14-16-23-40;/h14-32,34-38,69H,1-13H3;/q-1;. The smallest absolute Gasteiger partial charge is 0.149 e. The van der Waals surface area contributed by atoms with Crippen LogP contribution in [0.15, 0.2) is 146 Å². The molecule has 0 fully saturated rings. The zero-order valence-electron chi connectivity index (χ0n) is 43.4. The molecule has 1 N–H and O–H groups in total. The Morgan fingerprint density at radius 1 is 0.549 bits per heavy atom. The van der Waals surface area contributed by atoms with Crippen molar-refractivity contribution in [3.63, 3.8) is 0 Å². The molecule has 0 saturated heterocycles. The molecule has 3 aromatic heterocycles. The Kier molecular flexibility index (Phi) is 12.8. The van der Waals surface area contributed by atoms with E-state index in [-0.39, 0.29) is 48.5 Å². The van der Waals surface area contributed by atoms with E-state index in [1.807, 2.05) is 0 Å². The third kappa shape index (κ3) is 9.22. The second-order valence-electron chi connectivity index (χ2n) is 23.3. The SMILES string of the molecule is Cc1cc(C(C)(C)C)ccc1-c1cc2cc(-c3cccc4c3nc(-c3cc(C(C)(C)C)cc(C(C)(C)C)c3O)n4-c3ccccc3-c3ccccc3)nc(-c3[c-]c4ccccc4c(C(C)(C)C)c3)c2s1.[Pt]. The summed E-state index contributed by atoms with van der Waals surface area (Å²) in [7, 11) is 0. The predicted molar refractivity (Wildman–Crippen MR) is 299 cm³/mol. The molecule has 0 atom stereocenters. The summed E-state index contributed by atoms with van der Waals surface area (Å²) in [5, 5.41) is 16.0. The maximum atomic E-state index is 12.6. The van der Waals surface area contributed by atoms with Crippen LogP contribution in [0.3, 0.4) is 0 Å². The molecule has 362 valence electrons. The molecule has 0 aliphatic heterocycles. The number of hydrogen-bond acceptors (Lipinski definition) is 4. The third-order valence-electron chi connectivity index (χ3n) is 13.9. The zero-order chi connectivity index (χ0) is 49.7. The second kappa shape index (κ2) is 18.2. The number of pyridine rings is 1. The average molecular weight is 1130 g/mol. The van der Waals surface area contributed by atoms with Gasteiger partial charge in [-0.05, 0) is 92.1 Å². The molecule has 0 spiro atoms. The summed E-state index contributed by atoms with van der Waals surface area (Å²) in [4.78, 5) is 12.6. The molecular formula is C65H64N3OPtS-. The summed E-state index contributed by atoms with van der Waals surface area (Å²) >= 11 is 1.80. The van der Waals surface area contributed by atoms with Crippen LogP contribution in [0.4, 0.5) is 0 Å². The number of para-hydroxylation sites is 2. The van der Waals surface area contributed by atoms with Crippen LogP contribution in [0.1, 0.15) is 111 Å². The summed E-state index contributed by atoms with van der Waals surface area (Å²) in [5.41, 5.74) is 15.7. The van der Waals surface area contributed by atoms with E-state index in [0.717, 1.165) is 77.0 Å². The first-order valence-corrected chi connectivity index (χ1v) is 25.4. The fourth-order valence-electron chi connectivity index (χ4n) is 9.96. The van der Waals surface area contributed by atoms with Crippen molar-refractivity contribution >= 4 is 43.2 Å². The molecule has 0 unspecified atom stereocenters. The van der Waals surface area contributed by atoms with Crippen molar-refractivity contribution in [2.45, 2.75) is 112 Å². The number of nitrogens with zero attached hydrogens (tertiary/aromatic N) is 3. The van der Waals surface area contributed by atoms with Gasteiger partial charge in [-0.2, -0.15) is 0 Å². The third-order valence-corrected chi connectivity index (χ3v) is 15.1. The molecule has 0 saturated carbocycles. The van der Waals surface area contributed by atoms with Crippen LogP contribution in [0.2, 0.25) is 0 Å². The monoisotopic (exact) mass is 1130 g/mol. The van der Waals surface area contributed by atoms with E-state index in [1.165, 1.54) is 32.5 Å². The van der Waals surface area contributed by atoms with Crippen LogP contribution in [0.5, 0.6) is 5.75 Å². The fourth-order valence-corrected chi connectivity index (χ4v) is 11.2. The van der Waals surface area contributed by atoms with E-state index >= 15 is 0 Å². The van der Waals surface area contributed by atoms with E-state index in [2.05, 4.69) is 246 Å². The number of phenols is 1. The first kappa shape index (κ1) is 49.8. The second-order valence-corrected chi connectivity index (χ2v) is 24.4. The van der Waals surface area contributed by atoms with Gasteiger partial charge in [-0.3, -0.25) is 9.55 Å². The van der Waals surface area contributed by atoms with Gasteiger partial charge < -0.3 is 5.11 Å². The van der Waals surface area contributed by atoms with Crippen LogP contribution in [-0.4, -0.2) is 19.6 Å². The van der Waals surface area contributed by atoms with Crippen molar-refractivity contribution in [2.24, 2.45) is 0 Å². The van der Waals surface area contributed by atoms with Crippen LogP contribution in [0, 0.1) is 13.0 Å². The van der Waals surface area contributed by atoms with Crippen molar-refractivity contribution in [1.29, 1.82) is 0 Å². The van der Waals surface area contributed by atoms with Crippen molar-refractivity contribution in [2.75, 3.05) is 0 Å². The topological polar surface area (TPSA) is 50.9 Å². The van der Waals surface area contributed by atoms with Gasteiger partial charge in [0.05, 0.1) is 28.0 Å². The van der Waals surface area contributed by atoms with Gasteiger partial charge in [0, 0.05) is 53.0 Å². The first-order valence-electron chi connectivity index (χ1n) is 24.6. The van der Waals surface area contributed by atoms with Gasteiger partial charge >= 0.3 is 0 Å². The maximum absolute atomic E-state index is 12.6. The average Bonchev–Trinajstić information content (AvgIpc) is 3.92. The number of benzene rings is 7. The predicted octanol–water partition coefficient (Wildman–Crippen LogP) is 18.1. The summed E-state index contributed by atoms with van der Waals surface area (Å²) in [6.45, 7) is 29.1. The Bertz CT molecular complexity index is 3660. The molecule has 0 bridgehead atoms. The Hall–Kier alpha value is -6.13. The van der Waals surface area contributed by atoms with Crippen molar-refractivity contribution in [3.8, 4) is 66.9 Å². The fraction of sp³-hybridized carbons (Fsp3) is 0.262. The van der Waals surface area contributed by atoms with Gasteiger partial charge in [0.2, 0.25) is 0 Å². The van der Waals surface area contributed by atoms with Crippen molar-refractivity contribution < 1.29 is 26.2 Å². The van der Waals surface area contributed by atoms with E-state index < -0.39 is 0 Å². The van der Waals surface area contributed by atoms with Gasteiger partial charge in [-0.25, -0.2) is 4.98 Å². The molecule has 3 heterocycles. The number of fused-ring (bicyclic) bond motifs is 3. The summed E-state index contributed by atoms with van der Waals surface area (Å²) in [6, 6.07) is 56.2. The Labute approximate surface area is 439 Å². The van der Waals surface area contributed by atoms with E-state index in [9.17, 15) is 5.11 Å². The number of aromatic hydroxyl groups is 1. The van der Waals surface area contributed by atoms with Crippen LogP contribution < -0.4 is 0 Å². The number of aromatic nitrogens is 3. The normalized spacial score (nSPS) is 12.5. The number of rotatable bonds is 6. The molecule has 0 aliphatic carbocycles. The molecule has 4 nitrogen and oxygen atoms in total. The minimum Gasteiger partial charge on any atom is -0.507 e. The molecule has 0 radical (unpaired) electrons. The van der Waals surface area contributed by atoms with E-state index in [1.54, 1.807) is 11.3 Å². The van der Waals surface area contributed by atoms with Crippen LogP contribution in [-0.2, 0) is 42.7 Å². The molecular weight excluding hydrogens is 1070 g/mol. The van der Waals surface area contributed by atoms with Gasteiger partial charge in [0.25, 0.3) is 0 Å². The van der Waals surface area contributed by atoms with Crippen LogP contribution in [0.25, 0.3) is 93.0 Å². The van der Waals surface area contributed by atoms with Crippen LogP contribution >= 0.6 is 11.3 Å². The van der Waals surface area contributed by atoms with Gasteiger partial charge in [-0.1, -0.05) is 197 Å². The van der Waals surface area contributed by atoms with Gasteiger partial charge in [0.15, 0.2) is 0 Å². The minimum absolute atomic E-state index is 0.